The molecule has 2 rings (SSSR count). The molecule has 1 saturated heterocycles. The summed E-state index contributed by atoms with van der Waals surface area (Å²) in [6.07, 6.45) is 4.47. The molecule has 0 amide bonds. The molecule has 0 saturated carbocycles. The average molecular weight is 302 g/mol. The van der Waals surface area contributed by atoms with Crippen LogP contribution in [0.4, 0.5) is 5.82 Å². The second kappa shape index (κ2) is 6.28. The number of anilines is 1. The molecule has 0 spiro atoms. The molecule has 5 nitrogen and oxygen atoms in total. The van der Waals surface area contributed by atoms with Gasteiger partial charge in [0.15, 0.2) is 0 Å². The summed E-state index contributed by atoms with van der Waals surface area (Å²) in [4.78, 5) is 8.06. The Morgan fingerprint density at radius 1 is 1.71 bits per heavy atom. The molecule has 1 aromatic rings. The van der Waals surface area contributed by atoms with Crippen molar-refractivity contribution in [2.24, 2.45) is 0 Å². The predicted molar refractivity (Wildman–Crippen MR) is 68.0 cm³/mol. The Labute approximate surface area is 109 Å². The van der Waals surface area contributed by atoms with Crippen LogP contribution in [-0.4, -0.2) is 41.9 Å². The number of nitrogens with one attached hydrogen (secondary N) is 1. The van der Waals surface area contributed by atoms with Crippen LogP contribution in [0.1, 0.15) is 13.3 Å². The molecular formula is C11H16BrN3O2. The average Bonchev–Trinajstić information content (AvgIpc) is 2.82. The van der Waals surface area contributed by atoms with Crippen LogP contribution < -0.4 is 5.32 Å². The first-order chi connectivity index (χ1) is 8.25. The van der Waals surface area contributed by atoms with Crippen molar-refractivity contribution in [1.29, 1.82) is 0 Å². The van der Waals surface area contributed by atoms with Gasteiger partial charge in [0.05, 0.1) is 23.8 Å². The van der Waals surface area contributed by atoms with Crippen molar-refractivity contribution < 1.29 is 9.47 Å². The Morgan fingerprint density at radius 3 is 3.29 bits per heavy atom. The Morgan fingerprint density at radius 2 is 2.59 bits per heavy atom. The molecule has 1 aliphatic rings. The Hall–Kier alpha value is -0.720. The van der Waals surface area contributed by atoms with Crippen LogP contribution in [0.3, 0.4) is 0 Å². The molecule has 1 N–H and O–H groups in total. The molecule has 2 unspecified atom stereocenters. The lowest BCUT2D eigenvalue weighted by Crippen LogP contribution is -2.26. The van der Waals surface area contributed by atoms with Gasteiger partial charge in [-0.2, -0.15) is 0 Å². The third-order valence-electron chi connectivity index (χ3n) is 2.52. The summed E-state index contributed by atoms with van der Waals surface area (Å²) in [7, 11) is 0. The number of halogens is 1. The molecule has 2 atom stereocenters. The van der Waals surface area contributed by atoms with E-state index >= 15 is 0 Å². The molecule has 17 heavy (non-hydrogen) atoms. The molecule has 94 valence electrons. The SMILES string of the molecule is CC(COC1CCOC1)Nc1ncncc1Br. The summed E-state index contributed by atoms with van der Waals surface area (Å²) in [6, 6.07) is 0.196. The van der Waals surface area contributed by atoms with Gasteiger partial charge < -0.3 is 14.8 Å². The van der Waals surface area contributed by atoms with E-state index in [0.717, 1.165) is 23.3 Å². The van der Waals surface area contributed by atoms with Crippen LogP contribution >= 0.6 is 15.9 Å². The second-order valence-corrected chi connectivity index (χ2v) is 4.94. The summed E-state index contributed by atoms with van der Waals surface area (Å²) < 4.78 is 11.8. The topological polar surface area (TPSA) is 56.3 Å². The van der Waals surface area contributed by atoms with Crippen LogP contribution in [0.25, 0.3) is 0 Å². The van der Waals surface area contributed by atoms with Gasteiger partial charge >= 0.3 is 0 Å². The summed E-state index contributed by atoms with van der Waals surface area (Å²) in [5, 5.41) is 3.27. The van der Waals surface area contributed by atoms with Gasteiger partial charge in [-0.3, -0.25) is 0 Å². The van der Waals surface area contributed by atoms with E-state index in [0.29, 0.717) is 13.2 Å². The summed E-state index contributed by atoms with van der Waals surface area (Å²) in [5.41, 5.74) is 0. The number of rotatable bonds is 5. The highest BCUT2D eigenvalue weighted by atomic mass is 79.9. The minimum atomic E-state index is 0.196. The van der Waals surface area contributed by atoms with Crippen molar-refractivity contribution in [3.63, 3.8) is 0 Å². The van der Waals surface area contributed by atoms with Crippen molar-refractivity contribution in [3.8, 4) is 0 Å². The van der Waals surface area contributed by atoms with Crippen LogP contribution in [0, 0.1) is 0 Å². The predicted octanol–water partition coefficient (Wildman–Crippen LogP) is 1.84. The Kier molecular flexibility index (Phi) is 4.70. The molecule has 1 aliphatic heterocycles. The lowest BCUT2D eigenvalue weighted by molar-refractivity contribution is 0.0395. The van der Waals surface area contributed by atoms with E-state index in [1.807, 2.05) is 0 Å². The zero-order valence-electron chi connectivity index (χ0n) is 9.73. The van der Waals surface area contributed by atoms with Crippen molar-refractivity contribution in [1.82, 2.24) is 9.97 Å². The number of aromatic nitrogens is 2. The summed E-state index contributed by atoms with van der Waals surface area (Å²) >= 11 is 3.39. The fraction of sp³-hybridized carbons (Fsp3) is 0.636. The lowest BCUT2D eigenvalue weighted by Gasteiger charge is -2.17. The van der Waals surface area contributed by atoms with Gasteiger partial charge in [0.25, 0.3) is 0 Å². The molecule has 0 radical (unpaired) electrons. The maximum absolute atomic E-state index is 5.73. The van der Waals surface area contributed by atoms with Gasteiger partial charge in [0.1, 0.15) is 12.1 Å². The van der Waals surface area contributed by atoms with E-state index in [2.05, 4.69) is 38.1 Å². The van der Waals surface area contributed by atoms with E-state index in [9.17, 15) is 0 Å². The fourth-order valence-electron chi connectivity index (χ4n) is 1.62. The minimum Gasteiger partial charge on any atom is -0.379 e. The van der Waals surface area contributed by atoms with Gasteiger partial charge in [-0.25, -0.2) is 9.97 Å². The van der Waals surface area contributed by atoms with Crippen LogP contribution in [-0.2, 0) is 9.47 Å². The van der Waals surface area contributed by atoms with Gasteiger partial charge in [0, 0.05) is 18.8 Å². The highest BCUT2D eigenvalue weighted by Crippen LogP contribution is 2.18. The zero-order chi connectivity index (χ0) is 12.1. The van der Waals surface area contributed by atoms with Gasteiger partial charge in [-0.15, -0.1) is 0 Å². The molecule has 1 aromatic heterocycles. The third kappa shape index (κ3) is 3.90. The first kappa shape index (κ1) is 12.7. The molecular weight excluding hydrogens is 286 g/mol. The highest BCUT2D eigenvalue weighted by Gasteiger charge is 2.17. The number of hydrogen-bond donors (Lipinski definition) is 1. The fourth-order valence-corrected chi connectivity index (χ4v) is 1.95. The molecule has 6 heteroatoms. The maximum atomic E-state index is 5.73. The summed E-state index contributed by atoms with van der Waals surface area (Å²) in [6.45, 7) is 4.22. The van der Waals surface area contributed by atoms with E-state index in [1.54, 1.807) is 6.20 Å². The Bertz CT molecular complexity index is 358. The number of hydrogen-bond acceptors (Lipinski definition) is 5. The number of ether oxygens (including phenoxy) is 2. The zero-order valence-corrected chi connectivity index (χ0v) is 11.3. The van der Waals surface area contributed by atoms with Crippen molar-refractivity contribution >= 4 is 21.7 Å². The monoisotopic (exact) mass is 301 g/mol. The van der Waals surface area contributed by atoms with Crippen molar-refractivity contribution in [2.45, 2.75) is 25.5 Å². The maximum Gasteiger partial charge on any atom is 0.144 e. The van der Waals surface area contributed by atoms with Crippen molar-refractivity contribution in [2.75, 3.05) is 25.1 Å². The molecule has 2 heterocycles. The normalized spacial score (nSPS) is 21.4. The number of nitrogens with zero attached hydrogens (tertiary/aromatic N) is 2. The first-order valence-electron chi connectivity index (χ1n) is 5.67. The van der Waals surface area contributed by atoms with Crippen LogP contribution in [0.2, 0.25) is 0 Å². The molecule has 0 aromatic carbocycles. The van der Waals surface area contributed by atoms with E-state index in [1.165, 1.54) is 6.33 Å². The van der Waals surface area contributed by atoms with Crippen LogP contribution in [0.5, 0.6) is 0 Å². The smallest absolute Gasteiger partial charge is 0.144 e. The van der Waals surface area contributed by atoms with Gasteiger partial charge in [-0.1, -0.05) is 0 Å². The van der Waals surface area contributed by atoms with E-state index in [-0.39, 0.29) is 12.1 Å². The molecule has 0 aliphatic carbocycles. The first-order valence-corrected chi connectivity index (χ1v) is 6.46. The van der Waals surface area contributed by atoms with Gasteiger partial charge in [0.2, 0.25) is 0 Å². The summed E-state index contributed by atoms with van der Waals surface area (Å²) in [5.74, 6) is 0.791. The standard InChI is InChI=1S/C11H16BrN3O2/c1-8(5-17-9-2-3-16-6-9)15-11-10(12)4-13-7-14-11/h4,7-9H,2-3,5-6H2,1H3,(H,13,14,15). The van der Waals surface area contributed by atoms with E-state index < -0.39 is 0 Å². The van der Waals surface area contributed by atoms with E-state index in [4.69, 9.17) is 9.47 Å². The lowest BCUT2D eigenvalue weighted by atomic mass is 10.3. The van der Waals surface area contributed by atoms with Crippen molar-refractivity contribution in [3.05, 3.63) is 17.0 Å². The third-order valence-corrected chi connectivity index (χ3v) is 3.10. The highest BCUT2D eigenvalue weighted by molar-refractivity contribution is 9.10. The van der Waals surface area contributed by atoms with Gasteiger partial charge in [-0.05, 0) is 29.3 Å². The second-order valence-electron chi connectivity index (χ2n) is 4.08. The molecule has 0 bridgehead atoms. The minimum absolute atomic E-state index is 0.196. The van der Waals surface area contributed by atoms with Crippen LogP contribution in [0.15, 0.2) is 17.0 Å². The largest absolute Gasteiger partial charge is 0.379 e. The quantitative estimate of drug-likeness (QED) is 0.899. The molecule has 1 fully saturated rings. The Balaban J connectivity index is 1.76.